The number of aryl methyl sites for hydroxylation is 2. The van der Waals surface area contributed by atoms with Gasteiger partial charge in [-0.3, -0.25) is 10.1 Å². The van der Waals surface area contributed by atoms with Gasteiger partial charge in [-0.15, -0.1) is 11.3 Å². The lowest BCUT2D eigenvalue weighted by Crippen LogP contribution is -2.28. The number of nitrogens with one attached hydrogen (secondary N) is 1. The molecule has 1 aliphatic heterocycles. The number of fused-ring (bicyclic) bond motifs is 1. The molecular formula is C12H13N3O4S. The Balaban J connectivity index is 1.62. The van der Waals surface area contributed by atoms with Crippen LogP contribution in [0.3, 0.4) is 0 Å². The van der Waals surface area contributed by atoms with Crippen LogP contribution in [0.1, 0.15) is 29.8 Å². The first-order chi connectivity index (χ1) is 9.63. The molecule has 106 valence electrons. The summed E-state index contributed by atoms with van der Waals surface area (Å²) in [6.45, 7) is 0. The molecule has 0 fully saturated rings. The number of hydrogen-bond acceptors (Lipinski definition) is 6. The molecule has 0 aromatic carbocycles. The fraction of sp³-hybridized carbons (Fsp3) is 0.500. The zero-order chi connectivity index (χ0) is 14.1. The molecule has 1 aromatic rings. The highest BCUT2D eigenvalue weighted by Crippen LogP contribution is 2.29. The number of aromatic nitrogens is 1. The van der Waals surface area contributed by atoms with Crippen molar-refractivity contribution in [2.24, 2.45) is 5.16 Å². The van der Waals surface area contributed by atoms with E-state index < -0.39 is 18.0 Å². The average Bonchev–Trinajstić information content (AvgIpc) is 3.04. The second kappa shape index (κ2) is 5.20. The van der Waals surface area contributed by atoms with Crippen LogP contribution in [0.5, 0.6) is 0 Å². The highest BCUT2D eigenvalue weighted by atomic mass is 32.1. The normalized spacial score (nSPS) is 20.8. The van der Waals surface area contributed by atoms with Crippen LogP contribution in [0, 0.1) is 0 Å². The van der Waals surface area contributed by atoms with Gasteiger partial charge in [0.15, 0.2) is 10.8 Å². The van der Waals surface area contributed by atoms with Crippen LogP contribution in [0.4, 0.5) is 5.13 Å². The van der Waals surface area contributed by atoms with Crippen molar-refractivity contribution < 1.29 is 19.5 Å². The minimum absolute atomic E-state index is 0.0216. The topological polar surface area (TPSA) is 101 Å². The Bertz CT molecular complexity index is 572. The number of thiazole rings is 1. The third-order valence-corrected chi connectivity index (χ3v) is 4.36. The van der Waals surface area contributed by atoms with Crippen LogP contribution in [0.25, 0.3) is 0 Å². The van der Waals surface area contributed by atoms with E-state index in [9.17, 15) is 9.59 Å². The van der Waals surface area contributed by atoms with Crippen LogP contribution in [0.15, 0.2) is 5.16 Å². The number of carboxylic acid groups (broad SMARTS) is 1. The molecule has 1 aliphatic carbocycles. The van der Waals surface area contributed by atoms with Gasteiger partial charge in [0, 0.05) is 11.3 Å². The molecule has 7 nitrogen and oxygen atoms in total. The Labute approximate surface area is 118 Å². The molecule has 0 saturated heterocycles. The fourth-order valence-electron chi connectivity index (χ4n) is 2.24. The highest BCUT2D eigenvalue weighted by Gasteiger charge is 2.32. The maximum atomic E-state index is 12.0. The molecule has 0 radical (unpaired) electrons. The van der Waals surface area contributed by atoms with Crippen LogP contribution >= 0.6 is 11.3 Å². The van der Waals surface area contributed by atoms with E-state index in [0.29, 0.717) is 5.13 Å². The van der Waals surface area contributed by atoms with E-state index in [-0.39, 0.29) is 12.1 Å². The molecule has 0 spiro atoms. The highest BCUT2D eigenvalue weighted by molar-refractivity contribution is 7.15. The summed E-state index contributed by atoms with van der Waals surface area (Å²) in [5.74, 6) is -1.57. The number of amides is 1. The summed E-state index contributed by atoms with van der Waals surface area (Å²) in [4.78, 5) is 33.1. The Hall–Kier alpha value is -1.96. The zero-order valence-corrected chi connectivity index (χ0v) is 11.4. The van der Waals surface area contributed by atoms with Crippen LogP contribution in [0.2, 0.25) is 0 Å². The minimum Gasteiger partial charge on any atom is -0.477 e. The number of nitrogens with zero attached hydrogens (tertiary/aromatic N) is 2. The Kier molecular flexibility index (Phi) is 3.39. The summed E-state index contributed by atoms with van der Waals surface area (Å²) in [6.07, 6.45) is 3.34. The lowest BCUT2D eigenvalue weighted by Gasteiger charge is -2.06. The van der Waals surface area contributed by atoms with Crippen molar-refractivity contribution in [2.75, 3.05) is 5.32 Å². The monoisotopic (exact) mass is 295 g/mol. The molecule has 2 heterocycles. The summed E-state index contributed by atoms with van der Waals surface area (Å²) < 4.78 is 0. The zero-order valence-electron chi connectivity index (χ0n) is 10.6. The van der Waals surface area contributed by atoms with Crippen molar-refractivity contribution in [1.29, 1.82) is 0 Å². The molecular weight excluding hydrogens is 282 g/mol. The fourth-order valence-corrected chi connectivity index (χ4v) is 3.29. The molecule has 0 saturated carbocycles. The van der Waals surface area contributed by atoms with E-state index in [1.807, 2.05) is 0 Å². The Morgan fingerprint density at radius 2 is 2.15 bits per heavy atom. The van der Waals surface area contributed by atoms with Crippen LogP contribution in [-0.4, -0.2) is 33.8 Å². The van der Waals surface area contributed by atoms with E-state index in [1.54, 1.807) is 0 Å². The standard InChI is InChI=1S/C12H13N3O4S/c16-10(8-5-7(11(17)18)15-19-8)14-12-13-6-3-1-2-4-9(6)20-12/h8H,1-5H2,(H,17,18)(H,13,14,16). The van der Waals surface area contributed by atoms with E-state index in [2.05, 4.69) is 15.5 Å². The van der Waals surface area contributed by atoms with Gasteiger partial charge in [0.05, 0.1) is 5.69 Å². The van der Waals surface area contributed by atoms with Crippen molar-refractivity contribution in [3.8, 4) is 0 Å². The average molecular weight is 295 g/mol. The minimum atomic E-state index is -1.16. The van der Waals surface area contributed by atoms with Gasteiger partial charge in [0.1, 0.15) is 0 Å². The SMILES string of the molecule is O=C(O)C1=NOC(C(=O)Nc2nc3c(s2)CCCC3)C1. The molecule has 1 amide bonds. The molecule has 0 bridgehead atoms. The van der Waals surface area contributed by atoms with E-state index in [1.165, 1.54) is 16.2 Å². The molecule has 2 N–H and O–H groups in total. The quantitative estimate of drug-likeness (QED) is 0.872. The lowest BCUT2D eigenvalue weighted by atomic mass is 10.0. The van der Waals surface area contributed by atoms with Crippen molar-refractivity contribution >= 4 is 34.1 Å². The molecule has 2 aliphatic rings. The van der Waals surface area contributed by atoms with E-state index in [4.69, 9.17) is 9.94 Å². The molecule has 1 atom stereocenters. The maximum absolute atomic E-state index is 12.0. The first-order valence-corrected chi connectivity index (χ1v) is 7.20. The van der Waals surface area contributed by atoms with Crippen molar-refractivity contribution in [1.82, 2.24) is 4.98 Å². The Morgan fingerprint density at radius 1 is 1.35 bits per heavy atom. The third kappa shape index (κ3) is 2.51. The summed E-state index contributed by atoms with van der Waals surface area (Å²) >= 11 is 1.48. The molecule has 3 rings (SSSR count). The summed E-state index contributed by atoms with van der Waals surface area (Å²) in [7, 11) is 0. The van der Waals surface area contributed by atoms with Gasteiger partial charge in [-0.05, 0) is 25.7 Å². The largest absolute Gasteiger partial charge is 0.477 e. The van der Waals surface area contributed by atoms with Crippen molar-refractivity contribution in [3.63, 3.8) is 0 Å². The number of aliphatic carboxylic acids is 1. The number of carbonyl (C=O) groups excluding carboxylic acids is 1. The smallest absolute Gasteiger partial charge is 0.353 e. The number of carboxylic acids is 1. The second-order valence-corrected chi connectivity index (χ2v) is 5.81. The number of oxime groups is 1. The first-order valence-electron chi connectivity index (χ1n) is 6.39. The number of hydrogen-bond donors (Lipinski definition) is 2. The lowest BCUT2D eigenvalue weighted by molar-refractivity contribution is -0.129. The summed E-state index contributed by atoms with van der Waals surface area (Å²) in [5.41, 5.74) is 0.926. The van der Waals surface area contributed by atoms with Gasteiger partial charge in [-0.25, -0.2) is 9.78 Å². The van der Waals surface area contributed by atoms with E-state index >= 15 is 0 Å². The van der Waals surface area contributed by atoms with E-state index in [0.717, 1.165) is 31.4 Å². The van der Waals surface area contributed by atoms with Gasteiger partial charge in [0.25, 0.3) is 5.91 Å². The molecule has 8 heteroatoms. The van der Waals surface area contributed by atoms with Gasteiger partial charge >= 0.3 is 5.97 Å². The summed E-state index contributed by atoms with van der Waals surface area (Å²) in [5, 5.41) is 15.4. The summed E-state index contributed by atoms with van der Waals surface area (Å²) in [6, 6.07) is 0. The number of rotatable bonds is 3. The van der Waals surface area contributed by atoms with Gasteiger partial charge in [-0.2, -0.15) is 0 Å². The van der Waals surface area contributed by atoms with Gasteiger partial charge < -0.3 is 9.94 Å². The van der Waals surface area contributed by atoms with Gasteiger partial charge in [0.2, 0.25) is 6.10 Å². The molecule has 1 aromatic heterocycles. The van der Waals surface area contributed by atoms with Crippen molar-refractivity contribution in [2.45, 2.75) is 38.2 Å². The second-order valence-electron chi connectivity index (χ2n) is 4.73. The maximum Gasteiger partial charge on any atom is 0.353 e. The van der Waals surface area contributed by atoms with Crippen LogP contribution in [-0.2, 0) is 27.3 Å². The van der Waals surface area contributed by atoms with Crippen molar-refractivity contribution in [3.05, 3.63) is 10.6 Å². The third-order valence-electron chi connectivity index (χ3n) is 3.28. The first kappa shape index (κ1) is 13.0. The van der Waals surface area contributed by atoms with Gasteiger partial charge in [-0.1, -0.05) is 5.16 Å². The Morgan fingerprint density at radius 3 is 2.85 bits per heavy atom. The molecule has 20 heavy (non-hydrogen) atoms. The predicted octanol–water partition coefficient (Wildman–Crippen LogP) is 1.19. The number of carbonyl (C=O) groups is 2. The molecule has 1 unspecified atom stereocenters. The predicted molar refractivity (Wildman–Crippen MR) is 71.9 cm³/mol. The number of anilines is 1. The van der Waals surface area contributed by atoms with Crippen LogP contribution < -0.4 is 5.32 Å².